The molecule has 5 unspecified atom stereocenters. The summed E-state index contributed by atoms with van der Waals surface area (Å²) in [5, 5.41) is 0. The van der Waals surface area contributed by atoms with Gasteiger partial charge in [0.1, 0.15) is 0 Å². The molecule has 0 heterocycles. The molecule has 0 nitrogen and oxygen atoms in total. The van der Waals surface area contributed by atoms with Crippen LogP contribution in [0.4, 0.5) is 0 Å². The standard InChI is InChI=1S/C15H16/c1-2-10-11(3-1)13-7-12(10)14-8-4-5-9(6-8)15(13)14/h2,11-15H,1,3-5,7H2. The molecule has 5 rings (SSSR count). The minimum Gasteiger partial charge on any atom is -0.122 e. The number of rotatable bonds is 0. The molecular weight excluding hydrogens is 180 g/mol. The predicted octanol–water partition coefficient (Wildman–Crippen LogP) is 3.46. The average molecular weight is 196 g/mol. The summed E-state index contributed by atoms with van der Waals surface area (Å²) < 4.78 is 0. The van der Waals surface area contributed by atoms with Gasteiger partial charge >= 0.3 is 0 Å². The van der Waals surface area contributed by atoms with E-state index in [0.717, 1.165) is 29.6 Å². The summed E-state index contributed by atoms with van der Waals surface area (Å²) in [7, 11) is 0. The van der Waals surface area contributed by atoms with Crippen LogP contribution in [0.2, 0.25) is 0 Å². The molecular formula is C15H16. The van der Waals surface area contributed by atoms with Crippen LogP contribution in [0.1, 0.15) is 32.1 Å². The van der Waals surface area contributed by atoms with Crippen LogP contribution in [0.3, 0.4) is 0 Å². The van der Waals surface area contributed by atoms with Crippen molar-refractivity contribution >= 4 is 0 Å². The Kier molecular flexibility index (Phi) is 1.09. The highest BCUT2D eigenvalue weighted by molar-refractivity contribution is 5.43. The van der Waals surface area contributed by atoms with Crippen molar-refractivity contribution < 1.29 is 0 Å². The Balaban J connectivity index is 1.68. The summed E-state index contributed by atoms with van der Waals surface area (Å²) in [6.45, 7) is 0. The average Bonchev–Trinajstić information content (AvgIpc) is 3.03. The summed E-state index contributed by atoms with van der Waals surface area (Å²) in [4.78, 5) is 0. The van der Waals surface area contributed by atoms with Gasteiger partial charge in [0, 0.05) is 5.92 Å². The van der Waals surface area contributed by atoms with Crippen molar-refractivity contribution in [3.63, 3.8) is 0 Å². The van der Waals surface area contributed by atoms with Crippen molar-refractivity contribution in [3.8, 4) is 0 Å². The van der Waals surface area contributed by atoms with E-state index in [1.807, 2.05) is 5.57 Å². The van der Waals surface area contributed by atoms with Crippen molar-refractivity contribution in [3.05, 3.63) is 28.5 Å². The maximum atomic E-state index is 3.73. The lowest BCUT2D eigenvalue weighted by Crippen LogP contribution is -2.30. The Hall–Kier alpha value is -0.740. The number of fused-ring (bicyclic) bond motifs is 10. The summed E-state index contributed by atoms with van der Waals surface area (Å²) >= 11 is 0. The molecule has 0 aromatic heterocycles. The molecule has 0 aromatic rings. The van der Waals surface area contributed by atoms with Gasteiger partial charge < -0.3 is 0 Å². The van der Waals surface area contributed by atoms with Crippen LogP contribution in [-0.2, 0) is 0 Å². The monoisotopic (exact) mass is 196 g/mol. The molecule has 0 radical (unpaired) electrons. The number of allylic oxidation sites excluding steroid dienone is 3. The molecule has 5 aliphatic rings. The molecule has 0 saturated heterocycles. The van der Waals surface area contributed by atoms with E-state index in [1.165, 1.54) is 32.1 Å². The zero-order valence-electron chi connectivity index (χ0n) is 9.00. The van der Waals surface area contributed by atoms with Gasteiger partial charge in [-0.05, 0) is 66.9 Å². The number of hydrogen-bond acceptors (Lipinski definition) is 0. The molecule has 4 bridgehead atoms. The Morgan fingerprint density at radius 3 is 2.87 bits per heavy atom. The Bertz CT molecular complexity index is 458. The normalized spacial score (nSPS) is 52.8. The Morgan fingerprint density at radius 1 is 1.07 bits per heavy atom. The van der Waals surface area contributed by atoms with Crippen molar-refractivity contribution in [2.45, 2.75) is 32.1 Å². The van der Waals surface area contributed by atoms with E-state index in [0.29, 0.717) is 0 Å². The fourth-order valence-corrected chi connectivity index (χ4v) is 5.53. The predicted molar refractivity (Wildman–Crippen MR) is 59.2 cm³/mol. The molecule has 0 aliphatic heterocycles. The van der Waals surface area contributed by atoms with E-state index < -0.39 is 0 Å². The van der Waals surface area contributed by atoms with Gasteiger partial charge in [0.15, 0.2) is 0 Å². The van der Waals surface area contributed by atoms with E-state index >= 15 is 0 Å². The molecule has 5 aliphatic carbocycles. The lowest BCUT2D eigenvalue weighted by Gasteiger charge is -2.37. The lowest BCUT2D eigenvalue weighted by molar-refractivity contribution is 0.260. The highest BCUT2D eigenvalue weighted by atomic mass is 14.6. The van der Waals surface area contributed by atoms with Crippen molar-refractivity contribution in [1.82, 2.24) is 0 Å². The first-order valence-corrected chi connectivity index (χ1v) is 6.62. The first-order chi connectivity index (χ1) is 7.43. The molecule has 0 spiro atoms. The van der Waals surface area contributed by atoms with Gasteiger partial charge in [-0.1, -0.05) is 11.6 Å². The minimum absolute atomic E-state index is 0.944. The Morgan fingerprint density at radius 2 is 1.93 bits per heavy atom. The van der Waals surface area contributed by atoms with Gasteiger partial charge in [-0.15, -0.1) is 5.73 Å². The fraction of sp³-hybridized carbons (Fsp3) is 0.667. The maximum Gasteiger partial charge on any atom is 0.00134 e. The first kappa shape index (κ1) is 7.52. The highest BCUT2D eigenvalue weighted by Crippen LogP contribution is 2.68. The van der Waals surface area contributed by atoms with Crippen LogP contribution in [0.15, 0.2) is 28.5 Å². The molecule has 0 N–H and O–H groups in total. The lowest BCUT2D eigenvalue weighted by atomic mass is 9.66. The summed E-state index contributed by atoms with van der Waals surface area (Å²) in [6, 6.07) is 0. The summed E-state index contributed by atoms with van der Waals surface area (Å²) in [5.74, 6) is 4.92. The third-order valence-electron chi connectivity index (χ3n) is 5.83. The summed E-state index contributed by atoms with van der Waals surface area (Å²) in [6.07, 6.45) is 9.69. The largest absolute Gasteiger partial charge is 0.122 e. The van der Waals surface area contributed by atoms with Crippen LogP contribution < -0.4 is 0 Å². The quantitative estimate of drug-likeness (QED) is 0.411. The van der Waals surface area contributed by atoms with Crippen molar-refractivity contribution in [2.24, 2.45) is 29.6 Å². The van der Waals surface area contributed by atoms with Gasteiger partial charge in [-0.3, -0.25) is 0 Å². The Labute approximate surface area is 90.8 Å². The van der Waals surface area contributed by atoms with E-state index in [2.05, 4.69) is 11.8 Å². The van der Waals surface area contributed by atoms with Gasteiger partial charge in [-0.25, -0.2) is 0 Å². The second-order valence-electron chi connectivity index (χ2n) is 6.12. The maximum absolute atomic E-state index is 3.73. The topological polar surface area (TPSA) is 0 Å². The van der Waals surface area contributed by atoms with Crippen LogP contribution in [0.5, 0.6) is 0 Å². The van der Waals surface area contributed by atoms with E-state index in [9.17, 15) is 0 Å². The first-order valence-electron chi connectivity index (χ1n) is 6.62. The van der Waals surface area contributed by atoms with E-state index in [4.69, 9.17) is 0 Å². The van der Waals surface area contributed by atoms with Crippen LogP contribution in [0.25, 0.3) is 0 Å². The molecule has 0 amide bonds. The molecule has 76 valence electrons. The zero-order valence-corrected chi connectivity index (χ0v) is 9.00. The third-order valence-corrected chi connectivity index (χ3v) is 5.83. The minimum atomic E-state index is 0.944. The molecule has 0 aromatic carbocycles. The number of hydrogen-bond donors (Lipinski definition) is 0. The van der Waals surface area contributed by atoms with Crippen molar-refractivity contribution in [2.75, 3.05) is 0 Å². The summed E-state index contributed by atoms with van der Waals surface area (Å²) in [5.41, 5.74) is 9.05. The second kappa shape index (κ2) is 2.18. The second-order valence-corrected chi connectivity index (χ2v) is 6.12. The fourth-order valence-electron chi connectivity index (χ4n) is 5.53. The van der Waals surface area contributed by atoms with E-state index in [1.54, 1.807) is 11.1 Å². The van der Waals surface area contributed by atoms with Gasteiger partial charge in [-0.2, -0.15) is 0 Å². The SMILES string of the molecule is C1=C2CCC=1C1C3CC(C4=CCCC43)C21. The van der Waals surface area contributed by atoms with Crippen LogP contribution >= 0.6 is 0 Å². The van der Waals surface area contributed by atoms with Crippen LogP contribution in [-0.4, -0.2) is 0 Å². The van der Waals surface area contributed by atoms with Gasteiger partial charge in [0.25, 0.3) is 0 Å². The van der Waals surface area contributed by atoms with Gasteiger partial charge in [0.2, 0.25) is 0 Å². The smallest absolute Gasteiger partial charge is 0.00134 e. The van der Waals surface area contributed by atoms with E-state index in [-0.39, 0.29) is 0 Å². The van der Waals surface area contributed by atoms with Crippen LogP contribution in [0, 0.1) is 29.6 Å². The molecule has 5 atom stereocenters. The highest BCUT2D eigenvalue weighted by Gasteiger charge is 2.60. The molecule has 2 fully saturated rings. The molecule has 15 heavy (non-hydrogen) atoms. The molecule has 2 saturated carbocycles. The zero-order chi connectivity index (χ0) is 9.57. The van der Waals surface area contributed by atoms with Crippen molar-refractivity contribution in [1.29, 1.82) is 0 Å². The third kappa shape index (κ3) is 0.666. The molecule has 0 heteroatoms. The van der Waals surface area contributed by atoms with Gasteiger partial charge in [0.05, 0.1) is 0 Å².